The molecule has 0 bridgehead atoms. The first kappa shape index (κ1) is 18.6. The first-order chi connectivity index (χ1) is 13.0. The number of carbonyl (C=O) groups excluding carboxylic acids is 2. The number of carbonyl (C=O) groups is 2. The topological polar surface area (TPSA) is 101 Å². The standard InChI is InChI=1S/C19H21N3O5/c23-15-9-12-22(19(26)20-15)13-16(24)27-17(14-7-3-1-4-8-14)18(25)21-10-5-2-6-11-21/h1,3-4,7-9,12,17H,2,5-6,10-11,13H2,(H,20,23,26)/t17-/m1/s1. The first-order valence-corrected chi connectivity index (χ1v) is 8.87. The average molecular weight is 371 g/mol. The fourth-order valence-electron chi connectivity index (χ4n) is 3.05. The van der Waals surface area contributed by atoms with E-state index < -0.39 is 29.9 Å². The van der Waals surface area contributed by atoms with Gasteiger partial charge in [0, 0.05) is 30.9 Å². The SMILES string of the molecule is O=C(Cn1ccc(=O)[nH]c1=O)O[C@@H](C(=O)N1CCCCC1)c1ccccc1. The van der Waals surface area contributed by atoms with Gasteiger partial charge >= 0.3 is 11.7 Å². The Labute approximate surface area is 155 Å². The monoisotopic (exact) mass is 371 g/mol. The van der Waals surface area contributed by atoms with Gasteiger partial charge in [-0.2, -0.15) is 0 Å². The first-order valence-electron chi connectivity index (χ1n) is 8.87. The number of hydrogen-bond donors (Lipinski definition) is 1. The zero-order valence-electron chi connectivity index (χ0n) is 14.8. The van der Waals surface area contributed by atoms with E-state index in [2.05, 4.69) is 4.98 Å². The van der Waals surface area contributed by atoms with E-state index in [1.54, 1.807) is 29.2 Å². The highest BCUT2D eigenvalue weighted by atomic mass is 16.5. The van der Waals surface area contributed by atoms with Gasteiger partial charge in [-0.1, -0.05) is 30.3 Å². The number of esters is 1. The summed E-state index contributed by atoms with van der Waals surface area (Å²) in [5.74, 6) is -0.994. The summed E-state index contributed by atoms with van der Waals surface area (Å²) in [6.07, 6.45) is 3.08. The number of nitrogens with one attached hydrogen (secondary N) is 1. The molecule has 3 rings (SSSR count). The Morgan fingerprint density at radius 3 is 2.41 bits per heavy atom. The number of amides is 1. The third-order valence-electron chi connectivity index (χ3n) is 4.44. The molecule has 8 nitrogen and oxygen atoms in total. The summed E-state index contributed by atoms with van der Waals surface area (Å²) < 4.78 is 6.48. The maximum absolute atomic E-state index is 12.9. The normalized spacial score (nSPS) is 15.2. The van der Waals surface area contributed by atoms with E-state index in [-0.39, 0.29) is 5.91 Å². The highest BCUT2D eigenvalue weighted by Gasteiger charge is 2.30. The smallest absolute Gasteiger partial charge is 0.328 e. The van der Waals surface area contributed by atoms with Gasteiger partial charge in [0.1, 0.15) is 6.54 Å². The van der Waals surface area contributed by atoms with Gasteiger partial charge in [0.05, 0.1) is 0 Å². The van der Waals surface area contributed by atoms with Gasteiger partial charge in [-0.3, -0.25) is 23.9 Å². The molecule has 0 aliphatic carbocycles. The van der Waals surface area contributed by atoms with Crippen molar-refractivity contribution in [3.05, 3.63) is 69.0 Å². The molecule has 1 atom stereocenters. The molecule has 8 heteroatoms. The van der Waals surface area contributed by atoms with Crippen LogP contribution in [0.4, 0.5) is 0 Å². The lowest BCUT2D eigenvalue weighted by Crippen LogP contribution is -2.40. The lowest BCUT2D eigenvalue weighted by Gasteiger charge is -2.30. The number of hydrogen-bond acceptors (Lipinski definition) is 5. The maximum Gasteiger partial charge on any atom is 0.328 e. The number of aromatic nitrogens is 2. The minimum atomic E-state index is -1.06. The summed E-state index contributed by atoms with van der Waals surface area (Å²) in [6, 6.07) is 9.95. The van der Waals surface area contributed by atoms with E-state index in [0.717, 1.165) is 29.9 Å². The molecule has 1 aromatic carbocycles. The van der Waals surface area contributed by atoms with Crippen LogP contribution in [0.25, 0.3) is 0 Å². The molecule has 1 aliphatic heterocycles. The average Bonchev–Trinajstić information content (AvgIpc) is 2.69. The van der Waals surface area contributed by atoms with Crippen LogP contribution >= 0.6 is 0 Å². The quantitative estimate of drug-likeness (QED) is 0.785. The van der Waals surface area contributed by atoms with Crippen LogP contribution in [-0.4, -0.2) is 39.4 Å². The van der Waals surface area contributed by atoms with E-state index in [1.807, 2.05) is 6.07 Å². The molecule has 1 fully saturated rings. The summed E-state index contributed by atoms with van der Waals surface area (Å²) in [5, 5.41) is 0. The van der Waals surface area contributed by atoms with E-state index >= 15 is 0 Å². The Morgan fingerprint density at radius 2 is 1.74 bits per heavy atom. The van der Waals surface area contributed by atoms with Gasteiger partial charge in [0.25, 0.3) is 11.5 Å². The van der Waals surface area contributed by atoms with Gasteiger partial charge in [0.2, 0.25) is 6.10 Å². The van der Waals surface area contributed by atoms with Crippen LogP contribution in [0.2, 0.25) is 0 Å². The maximum atomic E-state index is 12.9. The van der Waals surface area contributed by atoms with Gasteiger partial charge in [-0.05, 0) is 19.3 Å². The van der Waals surface area contributed by atoms with Crippen molar-refractivity contribution < 1.29 is 14.3 Å². The summed E-state index contributed by atoms with van der Waals surface area (Å²) in [5.41, 5.74) is -0.680. The molecule has 2 aromatic rings. The van der Waals surface area contributed by atoms with Crippen molar-refractivity contribution >= 4 is 11.9 Å². The fourth-order valence-corrected chi connectivity index (χ4v) is 3.05. The molecule has 1 aliphatic rings. The number of rotatable bonds is 5. The van der Waals surface area contributed by atoms with Gasteiger partial charge < -0.3 is 9.64 Å². The highest BCUT2D eigenvalue weighted by Crippen LogP contribution is 2.22. The second-order valence-corrected chi connectivity index (χ2v) is 6.40. The van der Waals surface area contributed by atoms with Crippen molar-refractivity contribution in [3.8, 4) is 0 Å². The van der Waals surface area contributed by atoms with E-state index in [4.69, 9.17) is 4.74 Å². The molecule has 1 saturated heterocycles. The Morgan fingerprint density at radius 1 is 1.04 bits per heavy atom. The molecule has 2 heterocycles. The second kappa shape index (κ2) is 8.48. The van der Waals surface area contributed by atoms with Crippen LogP contribution in [0.1, 0.15) is 30.9 Å². The Balaban J connectivity index is 1.78. The van der Waals surface area contributed by atoms with Crippen LogP contribution in [0, 0.1) is 0 Å². The van der Waals surface area contributed by atoms with Crippen LogP contribution in [0.15, 0.2) is 52.2 Å². The second-order valence-electron chi connectivity index (χ2n) is 6.40. The van der Waals surface area contributed by atoms with Crippen molar-refractivity contribution in [1.82, 2.24) is 14.5 Å². The zero-order chi connectivity index (χ0) is 19.2. The van der Waals surface area contributed by atoms with Crippen molar-refractivity contribution in [1.29, 1.82) is 0 Å². The molecule has 0 unspecified atom stereocenters. The summed E-state index contributed by atoms with van der Waals surface area (Å²) in [7, 11) is 0. The molecule has 1 N–H and O–H groups in total. The van der Waals surface area contributed by atoms with Crippen molar-refractivity contribution in [2.75, 3.05) is 13.1 Å². The lowest BCUT2D eigenvalue weighted by molar-refractivity contribution is -0.162. The number of H-pyrrole nitrogens is 1. The molecule has 0 spiro atoms. The zero-order valence-corrected chi connectivity index (χ0v) is 14.8. The Hall–Kier alpha value is -3.16. The molecule has 27 heavy (non-hydrogen) atoms. The number of benzene rings is 1. The number of nitrogens with zero attached hydrogens (tertiary/aromatic N) is 2. The molecule has 0 radical (unpaired) electrons. The number of aromatic amines is 1. The summed E-state index contributed by atoms with van der Waals surface area (Å²) in [6.45, 7) is 0.879. The lowest BCUT2D eigenvalue weighted by atomic mass is 10.1. The predicted octanol–water partition coefficient (Wildman–Crippen LogP) is 0.834. The van der Waals surface area contributed by atoms with E-state index in [0.29, 0.717) is 18.7 Å². The Kier molecular flexibility index (Phi) is 5.85. The van der Waals surface area contributed by atoms with Gasteiger partial charge in [0.15, 0.2) is 0 Å². The molecule has 1 aromatic heterocycles. The van der Waals surface area contributed by atoms with Crippen LogP contribution in [0.5, 0.6) is 0 Å². The third-order valence-corrected chi connectivity index (χ3v) is 4.44. The molecule has 142 valence electrons. The van der Waals surface area contributed by atoms with Crippen LogP contribution in [0.3, 0.4) is 0 Å². The predicted molar refractivity (Wildman–Crippen MR) is 97.0 cm³/mol. The third kappa shape index (κ3) is 4.72. The molecular weight excluding hydrogens is 350 g/mol. The number of ether oxygens (including phenoxy) is 1. The van der Waals surface area contributed by atoms with E-state index in [1.165, 1.54) is 6.20 Å². The van der Waals surface area contributed by atoms with Gasteiger partial charge in [-0.15, -0.1) is 0 Å². The van der Waals surface area contributed by atoms with E-state index in [9.17, 15) is 19.2 Å². The van der Waals surface area contributed by atoms with Crippen molar-refractivity contribution in [2.45, 2.75) is 31.9 Å². The molecular formula is C19H21N3O5. The summed E-state index contributed by atoms with van der Waals surface area (Å²) >= 11 is 0. The molecule has 0 saturated carbocycles. The number of piperidine rings is 1. The van der Waals surface area contributed by atoms with Crippen LogP contribution < -0.4 is 11.2 Å². The largest absolute Gasteiger partial charge is 0.446 e. The fraction of sp³-hybridized carbons (Fsp3) is 0.368. The van der Waals surface area contributed by atoms with Gasteiger partial charge in [-0.25, -0.2) is 4.79 Å². The van der Waals surface area contributed by atoms with Crippen LogP contribution in [-0.2, 0) is 20.9 Å². The van der Waals surface area contributed by atoms with Crippen molar-refractivity contribution in [3.63, 3.8) is 0 Å². The molecule has 1 amide bonds. The Bertz CT molecular complexity index is 913. The minimum absolute atomic E-state index is 0.261. The number of likely N-dealkylation sites (tertiary alicyclic amines) is 1. The summed E-state index contributed by atoms with van der Waals surface area (Å²) in [4.78, 5) is 51.9. The van der Waals surface area contributed by atoms with Crippen molar-refractivity contribution in [2.24, 2.45) is 0 Å². The minimum Gasteiger partial charge on any atom is -0.446 e. The highest BCUT2D eigenvalue weighted by molar-refractivity contribution is 5.85.